The van der Waals surface area contributed by atoms with E-state index in [1.165, 1.54) is 0 Å². The Hall–Kier alpha value is -2.62. The van der Waals surface area contributed by atoms with Gasteiger partial charge >= 0.3 is 5.97 Å². The fourth-order valence-electron chi connectivity index (χ4n) is 2.58. The molecule has 1 aliphatic rings. The van der Waals surface area contributed by atoms with Crippen LogP contribution >= 0.6 is 0 Å². The van der Waals surface area contributed by atoms with E-state index in [-0.39, 0.29) is 5.91 Å². The molecule has 0 aromatic heterocycles. The number of ether oxygens (including phenoxy) is 1. The Kier molecular flexibility index (Phi) is 3.92. The molecular weight excluding hydrogens is 278 g/mol. The fraction of sp³-hybridized carbons (Fsp3) is 0.222. The number of fused-ring (bicyclic) bond motifs is 1. The molecule has 1 aliphatic heterocycles. The molecule has 0 aliphatic carbocycles. The molecule has 22 heavy (non-hydrogen) atoms. The van der Waals surface area contributed by atoms with Crippen molar-refractivity contribution in [2.24, 2.45) is 0 Å². The van der Waals surface area contributed by atoms with Gasteiger partial charge in [0.15, 0.2) is 6.10 Å². The molecule has 2 aromatic rings. The Labute approximate surface area is 129 Å². The highest BCUT2D eigenvalue weighted by Crippen LogP contribution is 2.20. The highest BCUT2D eigenvalue weighted by atomic mass is 16.5. The van der Waals surface area contributed by atoms with Crippen LogP contribution in [0.3, 0.4) is 0 Å². The maximum absolute atomic E-state index is 12.2. The zero-order chi connectivity index (χ0) is 15.5. The lowest BCUT2D eigenvalue weighted by Crippen LogP contribution is -2.41. The number of hydrogen-bond donors (Lipinski definition) is 1. The molecule has 4 heteroatoms. The number of amides is 1. The summed E-state index contributed by atoms with van der Waals surface area (Å²) >= 11 is 0. The van der Waals surface area contributed by atoms with E-state index in [0.29, 0.717) is 18.5 Å². The van der Waals surface area contributed by atoms with Crippen LogP contribution in [0.1, 0.15) is 27.0 Å². The Morgan fingerprint density at radius 2 is 1.91 bits per heavy atom. The van der Waals surface area contributed by atoms with Gasteiger partial charge in [-0.1, -0.05) is 42.5 Å². The molecule has 1 heterocycles. The number of hydrogen-bond acceptors (Lipinski definition) is 3. The first-order valence-electron chi connectivity index (χ1n) is 7.26. The van der Waals surface area contributed by atoms with Crippen molar-refractivity contribution in [1.82, 2.24) is 5.32 Å². The van der Waals surface area contributed by atoms with E-state index < -0.39 is 12.1 Å². The van der Waals surface area contributed by atoms with E-state index in [1.807, 2.05) is 43.3 Å². The van der Waals surface area contributed by atoms with Gasteiger partial charge in [-0.2, -0.15) is 0 Å². The van der Waals surface area contributed by atoms with Crippen LogP contribution in [-0.2, 0) is 22.5 Å². The maximum atomic E-state index is 12.2. The van der Waals surface area contributed by atoms with Gasteiger partial charge in [-0.15, -0.1) is 0 Å². The normalized spacial score (nSPS) is 16.6. The molecule has 4 nitrogen and oxygen atoms in total. The number of carbonyl (C=O) groups excluding carboxylic acids is 2. The molecule has 1 atom stereocenters. The number of rotatable bonds is 3. The van der Waals surface area contributed by atoms with Crippen molar-refractivity contribution >= 4 is 11.9 Å². The summed E-state index contributed by atoms with van der Waals surface area (Å²) in [6, 6.07) is 15.1. The van der Waals surface area contributed by atoms with Gasteiger partial charge in [-0.05, 0) is 29.7 Å². The number of aryl methyl sites for hydroxylation is 1. The second-order valence-corrected chi connectivity index (χ2v) is 5.40. The Morgan fingerprint density at radius 1 is 1.18 bits per heavy atom. The maximum Gasteiger partial charge on any atom is 0.339 e. The molecule has 3 rings (SSSR count). The molecule has 1 N–H and O–H groups in total. The number of esters is 1. The second kappa shape index (κ2) is 6.02. The van der Waals surface area contributed by atoms with Gasteiger partial charge in [0.1, 0.15) is 0 Å². The lowest BCUT2D eigenvalue weighted by Gasteiger charge is -2.23. The summed E-state index contributed by atoms with van der Waals surface area (Å²) in [4.78, 5) is 24.2. The van der Waals surface area contributed by atoms with Gasteiger partial charge < -0.3 is 10.1 Å². The quantitative estimate of drug-likeness (QED) is 0.885. The number of benzene rings is 2. The number of nitrogens with one attached hydrogen (secondary N) is 1. The van der Waals surface area contributed by atoms with Gasteiger partial charge in [0.25, 0.3) is 5.91 Å². The van der Waals surface area contributed by atoms with Crippen molar-refractivity contribution < 1.29 is 14.3 Å². The largest absolute Gasteiger partial charge is 0.448 e. The van der Waals surface area contributed by atoms with Crippen LogP contribution in [0.5, 0.6) is 0 Å². The zero-order valence-corrected chi connectivity index (χ0v) is 12.3. The van der Waals surface area contributed by atoms with E-state index in [2.05, 4.69) is 5.32 Å². The van der Waals surface area contributed by atoms with Crippen LogP contribution in [0.15, 0.2) is 48.5 Å². The first-order valence-corrected chi connectivity index (χ1v) is 7.26. The smallest absolute Gasteiger partial charge is 0.339 e. The minimum Gasteiger partial charge on any atom is -0.448 e. The molecule has 112 valence electrons. The first kappa shape index (κ1) is 14.3. The fourth-order valence-corrected chi connectivity index (χ4v) is 2.58. The summed E-state index contributed by atoms with van der Waals surface area (Å²) < 4.78 is 5.24. The van der Waals surface area contributed by atoms with Crippen LogP contribution in [-0.4, -0.2) is 18.0 Å². The van der Waals surface area contributed by atoms with Crippen LogP contribution in [0, 0.1) is 6.92 Å². The summed E-state index contributed by atoms with van der Waals surface area (Å²) in [5.74, 6) is -0.691. The number of cyclic esters (lactones) is 1. The predicted molar refractivity (Wildman–Crippen MR) is 82.4 cm³/mol. The summed E-state index contributed by atoms with van der Waals surface area (Å²) in [5, 5.41) is 2.84. The third-order valence-corrected chi connectivity index (χ3v) is 3.90. The van der Waals surface area contributed by atoms with E-state index in [9.17, 15) is 9.59 Å². The highest BCUT2D eigenvalue weighted by molar-refractivity contribution is 5.95. The molecule has 0 bridgehead atoms. The monoisotopic (exact) mass is 295 g/mol. The SMILES string of the molecule is Cc1ccccc1CNC(=O)C1Cc2ccccc2C(=O)O1. The summed E-state index contributed by atoms with van der Waals surface area (Å²) in [6.07, 6.45) is -0.340. The van der Waals surface area contributed by atoms with Crippen molar-refractivity contribution in [3.8, 4) is 0 Å². The molecule has 2 aromatic carbocycles. The third-order valence-electron chi connectivity index (χ3n) is 3.90. The molecular formula is C18H17NO3. The van der Waals surface area contributed by atoms with Crippen LogP contribution in [0.2, 0.25) is 0 Å². The molecule has 0 saturated heterocycles. The summed E-state index contributed by atoms with van der Waals surface area (Å²) in [7, 11) is 0. The highest BCUT2D eigenvalue weighted by Gasteiger charge is 2.30. The van der Waals surface area contributed by atoms with Crippen molar-refractivity contribution in [3.05, 3.63) is 70.8 Å². The summed E-state index contributed by atoms with van der Waals surface area (Å²) in [5.41, 5.74) is 3.58. The topological polar surface area (TPSA) is 55.4 Å². The van der Waals surface area contributed by atoms with E-state index in [4.69, 9.17) is 4.74 Å². The van der Waals surface area contributed by atoms with Crippen molar-refractivity contribution in [3.63, 3.8) is 0 Å². The Balaban J connectivity index is 1.67. The van der Waals surface area contributed by atoms with Gasteiger partial charge in [0, 0.05) is 13.0 Å². The standard InChI is InChI=1S/C18H17NO3/c1-12-6-2-3-8-14(12)11-19-17(20)16-10-13-7-4-5-9-15(13)18(21)22-16/h2-9,16H,10-11H2,1H3,(H,19,20). The molecule has 0 fully saturated rings. The van der Waals surface area contributed by atoms with Gasteiger partial charge in [0.05, 0.1) is 5.56 Å². The van der Waals surface area contributed by atoms with Crippen molar-refractivity contribution in [2.45, 2.75) is 26.0 Å². The Bertz CT molecular complexity index is 724. The van der Waals surface area contributed by atoms with E-state index in [1.54, 1.807) is 12.1 Å². The molecule has 1 amide bonds. The van der Waals surface area contributed by atoms with E-state index >= 15 is 0 Å². The lowest BCUT2D eigenvalue weighted by atomic mass is 9.98. The van der Waals surface area contributed by atoms with Crippen LogP contribution < -0.4 is 5.32 Å². The minimum atomic E-state index is -0.758. The second-order valence-electron chi connectivity index (χ2n) is 5.40. The van der Waals surface area contributed by atoms with Crippen LogP contribution in [0.4, 0.5) is 0 Å². The average Bonchev–Trinajstić information content (AvgIpc) is 2.54. The first-order chi connectivity index (χ1) is 10.6. The van der Waals surface area contributed by atoms with Crippen molar-refractivity contribution in [2.75, 3.05) is 0 Å². The number of carbonyl (C=O) groups is 2. The molecule has 0 spiro atoms. The molecule has 0 saturated carbocycles. The van der Waals surface area contributed by atoms with Gasteiger partial charge in [0.2, 0.25) is 0 Å². The Morgan fingerprint density at radius 3 is 2.73 bits per heavy atom. The lowest BCUT2D eigenvalue weighted by molar-refractivity contribution is -0.130. The minimum absolute atomic E-state index is 0.258. The molecule has 1 unspecified atom stereocenters. The third kappa shape index (κ3) is 2.86. The zero-order valence-electron chi connectivity index (χ0n) is 12.3. The predicted octanol–water partition coefficient (Wildman–Crippen LogP) is 2.39. The van der Waals surface area contributed by atoms with Gasteiger partial charge in [-0.25, -0.2) is 4.79 Å². The van der Waals surface area contributed by atoms with Gasteiger partial charge in [-0.3, -0.25) is 4.79 Å². The average molecular weight is 295 g/mol. The van der Waals surface area contributed by atoms with Crippen molar-refractivity contribution in [1.29, 1.82) is 0 Å². The van der Waals surface area contributed by atoms with E-state index in [0.717, 1.165) is 16.7 Å². The molecule has 0 radical (unpaired) electrons. The van der Waals surface area contributed by atoms with Crippen LogP contribution in [0.25, 0.3) is 0 Å². The summed E-state index contributed by atoms with van der Waals surface area (Å²) in [6.45, 7) is 2.43.